The van der Waals surface area contributed by atoms with Gasteiger partial charge in [0.05, 0.1) is 5.69 Å². The number of benzene rings is 2. The summed E-state index contributed by atoms with van der Waals surface area (Å²) in [5.74, 6) is 0.617. The second-order valence-corrected chi connectivity index (χ2v) is 10.1. The van der Waals surface area contributed by atoms with E-state index < -0.39 is 6.85 Å². The molecule has 158 valence electrons. The van der Waals surface area contributed by atoms with Crippen molar-refractivity contribution < 1.29 is 12.9 Å². The highest BCUT2D eigenvalue weighted by Gasteiger charge is 2.23. The molecule has 5 rings (SSSR count). The number of nitrogens with zero attached hydrogens (tertiary/aromatic N) is 3. The zero-order valence-corrected chi connectivity index (χ0v) is 18.6. The van der Waals surface area contributed by atoms with Crippen molar-refractivity contribution in [1.82, 2.24) is 15.0 Å². The summed E-state index contributed by atoms with van der Waals surface area (Å²) >= 11 is 0. The number of furan rings is 1. The van der Waals surface area contributed by atoms with Crippen molar-refractivity contribution in [3.8, 4) is 11.3 Å². The minimum absolute atomic E-state index is 0.162. The zero-order valence-electron chi connectivity index (χ0n) is 21.6. The van der Waals surface area contributed by atoms with Gasteiger partial charge in [-0.05, 0) is 30.6 Å². The van der Waals surface area contributed by atoms with E-state index in [-0.39, 0.29) is 16.4 Å². The number of hydrogen-bond acceptors (Lipinski definition) is 5. The lowest BCUT2D eigenvalue weighted by Crippen LogP contribution is -2.13. The van der Waals surface area contributed by atoms with Crippen LogP contribution >= 0.6 is 0 Å². The molecule has 5 nitrogen and oxygen atoms in total. The molecule has 3 heterocycles. The highest BCUT2D eigenvalue weighted by molar-refractivity contribution is 6.13. The van der Waals surface area contributed by atoms with Crippen LogP contribution in [-0.2, 0) is 10.8 Å². The predicted molar refractivity (Wildman–Crippen MR) is 124 cm³/mol. The largest absolute Gasteiger partial charge is 0.455 e. The van der Waals surface area contributed by atoms with E-state index >= 15 is 0 Å². The molecule has 0 fully saturated rings. The normalized spacial score (nSPS) is 14.8. The number of hydrogen-bond donors (Lipinski definition) is 0. The number of oxazole rings is 1. The van der Waals surface area contributed by atoms with Crippen LogP contribution in [0.1, 0.15) is 62.8 Å². The van der Waals surface area contributed by atoms with Crippen molar-refractivity contribution >= 4 is 33.0 Å². The molecule has 0 aliphatic heterocycles. The van der Waals surface area contributed by atoms with Gasteiger partial charge in [0.15, 0.2) is 5.58 Å². The Morgan fingerprint density at radius 3 is 2.39 bits per heavy atom. The van der Waals surface area contributed by atoms with Crippen LogP contribution in [0, 0.1) is 6.85 Å². The third kappa shape index (κ3) is 3.19. The molecule has 0 saturated heterocycles. The van der Waals surface area contributed by atoms with Crippen LogP contribution in [0.25, 0.3) is 44.3 Å². The maximum absolute atomic E-state index is 8.14. The van der Waals surface area contributed by atoms with E-state index in [4.69, 9.17) is 12.9 Å². The molecule has 0 unspecified atom stereocenters. The molecule has 0 aliphatic carbocycles. The Morgan fingerprint density at radius 1 is 0.871 bits per heavy atom. The van der Waals surface area contributed by atoms with Crippen molar-refractivity contribution in [3.05, 3.63) is 53.8 Å². The molecule has 5 aromatic rings. The highest BCUT2D eigenvalue weighted by Crippen LogP contribution is 2.39. The summed E-state index contributed by atoms with van der Waals surface area (Å²) in [5.41, 5.74) is 4.39. The standard InChI is InChI=1S/C26H27N3O2/c1-14-8-9-15(17-11-21(25(2,3)4)28-13-27-17)23-22(14)16-10-18-20(12-19(16)30-23)31-24(29-18)26(5,6)7/h8-13H,1-7H3/i1D3. The molecule has 0 amide bonds. The molecule has 0 aliphatic rings. The second kappa shape index (κ2) is 6.39. The Morgan fingerprint density at radius 2 is 1.68 bits per heavy atom. The molecule has 31 heavy (non-hydrogen) atoms. The fourth-order valence-corrected chi connectivity index (χ4v) is 3.74. The van der Waals surface area contributed by atoms with Crippen LogP contribution in [0.2, 0.25) is 0 Å². The van der Waals surface area contributed by atoms with Gasteiger partial charge in [0.25, 0.3) is 0 Å². The quantitative estimate of drug-likeness (QED) is 0.292. The summed E-state index contributed by atoms with van der Waals surface area (Å²) in [4.78, 5) is 13.6. The van der Waals surface area contributed by atoms with Gasteiger partial charge in [0, 0.05) is 43.0 Å². The smallest absolute Gasteiger partial charge is 0.200 e. The number of aromatic nitrogens is 3. The Kier molecular flexibility index (Phi) is 3.40. The lowest BCUT2D eigenvalue weighted by molar-refractivity contribution is 0.411. The zero-order chi connectivity index (χ0) is 24.6. The molecule has 3 aromatic heterocycles. The molecule has 2 aromatic carbocycles. The van der Waals surface area contributed by atoms with Gasteiger partial charge in [0.2, 0.25) is 5.89 Å². The first kappa shape index (κ1) is 16.5. The van der Waals surface area contributed by atoms with Gasteiger partial charge < -0.3 is 8.83 Å². The molecule has 0 saturated carbocycles. The van der Waals surface area contributed by atoms with Crippen LogP contribution in [0.5, 0.6) is 0 Å². The molecule has 0 spiro atoms. The predicted octanol–water partition coefficient (Wildman–Crippen LogP) is 7.09. The van der Waals surface area contributed by atoms with Crippen LogP contribution in [0.15, 0.2) is 45.5 Å². The maximum Gasteiger partial charge on any atom is 0.200 e. The number of rotatable bonds is 1. The SMILES string of the molecule is [2H]C([2H])([2H])c1ccc(-c2cc(C(C)(C)C)ncn2)c2oc3cc4oc(C(C)(C)C)nc4cc3c12. The molecular formula is C26H27N3O2. The minimum Gasteiger partial charge on any atom is -0.455 e. The van der Waals surface area contributed by atoms with Crippen molar-refractivity contribution in [2.45, 2.75) is 59.2 Å². The van der Waals surface area contributed by atoms with Gasteiger partial charge in [-0.1, -0.05) is 47.6 Å². The summed E-state index contributed by atoms with van der Waals surface area (Å²) in [6.45, 7) is 10.0. The summed E-state index contributed by atoms with van der Waals surface area (Å²) in [6.07, 6.45) is 1.53. The van der Waals surface area contributed by atoms with Gasteiger partial charge >= 0.3 is 0 Å². The van der Waals surface area contributed by atoms with Gasteiger partial charge in [0.1, 0.15) is 23.0 Å². The molecule has 0 bridgehead atoms. The van der Waals surface area contributed by atoms with E-state index in [1.165, 1.54) is 6.33 Å². The Balaban J connectivity index is 1.84. The summed E-state index contributed by atoms with van der Waals surface area (Å²) in [7, 11) is 0. The van der Waals surface area contributed by atoms with E-state index in [2.05, 4.69) is 35.7 Å². The lowest BCUT2D eigenvalue weighted by Gasteiger charge is -2.17. The minimum atomic E-state index is -2.31. The topological polar surface area (TPSA) is 65.0 Å². The van der Waals surface area contributed by atoms with Crippen molar-refractivity contribution in [3.63, 3.8) is 0 Å². The average molecular weight is 417 g/mol. The Bertz CT molecular complexity index is 1560. The van der Waals surface area contributed by atoms with E-state index in [0.717, 1.165) is 5.69 Å². The first-order valence-corrected chi connectivity index (χ1v) is 10.4. The van der Waals surface area contributed by atoms with Crippen LogP contribution < -0.4 is 0 Å². The Labute approximate surface area is 185 Å². The van der Waals surface area contributed by atoms with Gasteiger partial charge in [-0.2, -0.15) is 0 Å². The molecule has 0 N–H and O–H groups in total. The fraction of sp³-hybridized carbons (Fsp3) is 0.346. The van der Waals surface area contributed by atoms with Crippen LogP contribution in [-0.4, -0.2) is 15.0 Å². The van der Waals surface area contributed by atoms with Crippen molar-refractivity contribution in [1.29, 1.82) is 0 Å². The first-order chi connectivity index (χ1) is 15.7. The molecular weight excluding hydrogens is 386 g/mol. The molecule has 5 heteroatoms. The van der Waals surface area contributed by atoms with Crippen LogP contribution in [0.3, 0.4) is 0 Å². The van der Waals surface area contributed by atoms with Crippen molar-refractivity contribution in [2.24, 2.45) is 0 Å². The second-order valence-electron chi connectivity index (χ2n) is 10.1. The molecule has 0 radical (unpaired) electrons. The van der Waals surface area contributed by atoms with Gasteiger partial charge in [-0.25, -0.2) is 15.0 Å². The van der Waals surface area contributed by atoms with Crippen molar-refractivity contribution in [2.75, 3.05) is 0 Å². The number of fused-ring (bicyclic) bond motifs is 4. The van der Waals surface area contributed by atoms with Gasteiger partial charge in [-0.15, -0.1) is 0 Å². The van der Waals surface area contributed by atoms with E-state index in [9.17, 15) is 0 Å². The monoisotopic (exact) mass is 416 g/mol. The van der Waals surface area contributed by atoms with E-state index in [1.54, 1.807) is 18.2 Å². The average Bonchev–Trinajstić information content (AvgIpc) is 3.31. The van der Waals surface area contributed by atoms with Crippen LogP contribution in [0.4, 0.5) is 0 Å². The first-order valence-electron chi connectivity index (χ1n) is 11.9. The lowest BCUT2D eigenvalue weighted by atomic mass is 9.91. The fourth-order valence-electron chi connectivity index (χ4n) is 3.74. The van der Waals surface area contributed by atoms with E-state index in [1.807, 2.05) is 32.9 Å². The summed E-state index contributed by atoms with van der Waals surface area (Å²) < 4.78 is 36.7. The summed E-state index contributed by atoms with van der Waals surface area (Å²) in [5, 5.41) is 1.24. The van der Waals surface area contributed by atoms with E-state index in [0.29, 0.717) is 50.2 Å². The highest BCUT2D eigenvalue weighted by atomic mass is 16.4. The number of aryl methyl sites for hydroxylation is 1. The molecule has 0 atom stereocenters. The third-order valence-electron chi connectivity index (χ3n) is 5.48. The summed E-state index contributed by atoms with van der Waals surface area (Å²) in [6, 6.07) is 8.99. The Hall–Kier alpha value is -3.21. The van der Waals surface area contributed by atoms with Gasteiger partial charge in [-0.3, -0.25) is 0 Å². The maximum atomic E-state index is 8.14. The third-order valence-corrected chi connectivity index (χ3v) is 5.48.